The van der Waals surface area contributed by atoms with Crippen molar-refractivity contribution in [3.63, 3.8) is 0 Å². The number of amides is 1. The Hall–Kier alpha value is -2.91. The van der Waals surface area contributed by atoms with E-state index in [9.17, 15) is 18.0 Å². The summed E-state index contributed by atoms with van der Waals surface area (Å²) in [6.07, 6.45) is 3.16. The van der Waals surface area contributed by atoms with Crippen molar-refractivity contribution in [1.29, 1.82) is 0 Å². The zero-order valence-electron chi connectivity index (χ0n) is 20.2. The van der Waals surface area contributed by atoms with Crippen molar-refractivity contribution < 1.29 is 22.7 Å². The highest BCUT2D eigenvalue weighted by Crippen LogP contribution is 2.34. The van der Waals surface area contributed by atoms with Gasteiger partial charge in [0.25, 0.3) is 0 Å². The van der Waals surface area contributed by atoms with Crippen LogP contribution in [0.3, 0.4) is 0 Å². The normalized spacial score (nSPS) is 19.1. The molecule has 2 fully saturated rings. The summed E-state index contributed by atoms with van der Waals surface area (Å²) in [4.78, 5) is 26.7. The Balaban J connectivity index is 1.65. The van der Waals surface area contributed by atoms with Crippen LogP contribution in [0.2, 0.25) is 0 Å². The van der Waals surface area contributed by atoms with E-state index in [1.165, 1.54) is 6.07 Å². The van der Waals surface area contributed by atoms with Gasteiger partial charge in [-0.2, -0.15) is 0 Å². The van der Waals surface area contributed by atoms with Crippen molar-refractivity contribution >= 4 is 33.3 Å². The highest BCUT2D eigenvalue weighted by Gasteiger charge is 2.32. The lowest BCUT2D eigenvalue weighted by molar-refractivity contribution is -0.148. The van der Waals surface area contributed by atoms with Gasteiger partial charge in [0.1, 0.15) is 4.90 Å². The summed E-state index contributed by atoms with van der Waals surface area (Å²) in [6.45, 7) is 4.88. The second-order valence-electron chi connectivity index (χ2n) is 9.24. The van der Waals surface area contributed by atoms with E-state index in [1.54, 1.807) is 26.0 Å². The van der Waals surface area contributed by atoms with E-state index in [1.807, 2.05) is 35.2 Å². The number of esters is 1. The molecule has 35 heavy (non-hydrogen) atoms. The van der Waals surface area contributed by atoms with Crippen LogP contribution in [0.15, 0.2) is 53.4 Å². The van der Waals surface area contributed by atoms with Gasteiger partial charge in [0.2, 0.25) is 15.9 Å². The van der Waals surface area contributed by atoms with Crippen molar-refractivity contribution in [2.45, 2.75) is 50.5 Å². The Morgan fingerprint density at radius 3 is 2.51 bits per heavy atom. The molecule has 0 bridgehead atoms. The second-order valence-corrected chi connectivity index (χ2v) is 10.9. The minimum atomic E-state index is -3.96. The van der Waals surface area contributed by atoms with E-state index in [2.05, 4.69) is 10.0 Å². The number of anilines is 2. The third-order valence-electron chi connectivity index (χ3n) is 6.48. The lowest BCUT2D eigenvalue weighted by atomic mass is 9.97. The Morgan fingerprint density at radius 2 is 1.83 bits per heavy atom. The van der Waals surface area contributed by atoms with Crippen LogP contribution in [0.1, 0.15) is 51.1 Å². The van der Waals surface area contributed by atoms with Crippen LogP contribution in [0.5, 0.6) is 0 Å². The molecular weight excluding hydrogens is 466 g/mol. The molecule has 2 aliphatic rings. The van der Waals surface area contributed by atoms with Crippen LogP contribution in [-0.2, 0) is 24.3 Å². The number of rotatable bonds is 9. The first kappa shape index (κ1) is 25.2. The fraction of sp³-hybridized carbons (Fsp3) is 0.462. The summed E-state index contributed by atoms with van der Waals surface area (Å²) in [7, 11) is -3.96. The molecule has 0 radical (unpaired) electrons. The molecule has 1 aliphatic heterocycles. The second kappa shape index (κ2) is 10.8. The number of ether oxygens (including phenoxy) is 1. The quantitative estimate of drug-likeness (QED) is 0.508. The van der Waals surface area contributed by atoms with E-state index >= 15 is 0 Å². The number of hydrogen-bond donors (Lipinski definition) is 2. The van der Waals surface area contributed by atoms with Gasteiger partial charge in [-0.05, 0) is 63.3 Å². The number of piperidine rings is 1. The van der Waals surface area contributed by atoms with Crippen LogP contribution in [0, 0.1) is 11.8 Å². The zero-order chi connectivity index (χ0) is 25.0. The summed E-state index contributed by atoms with van der Waals surface area (Å²) in [5, 5.41) is 2.85. The van der Waals surface area contributed by atoms with Gasteiger partial charge in [0.15, 0.2) is 0 Å². The molecule has 2 aromatic carbocycles. The number of carbonyl (C=O) groups excluding carboxylic acids is 2. The Morgan fingerprint density at radius 1 is 1.09 bits per heavy atom. The van der Waals surface area contributed by atoms with Gasteiger partial charge in [-0.3, -0.25) is 9.59 Å². The van der Waals surface area contributed by atoms with Crippen LogP contribution in [0.25, 0.3) is 0 Å². The molecule has 1 heterocycles. The maximum Gasteiger partial charge on any atom is 0.310 e. The molecule has 1 saturated carbocycles. The molecule has 4 rings (SSSR count). The van der Waals surface area contributed by atoms with Gasteiger partial charge in [-0.15, -0.1) is 0 Å². The van der Waals surface area contributed by atoms with Crippen molar-refractivity contribution in [3.8, 4) is 0 Å². The lowest BCUT2D eigenvalue weighted by Gasteiger charge is -2.34. The van der Waals surface area contributed by atoms with E-state index in [0.717, 1.165) is 24.8 Å². The van der Waals surface area contributed by atoms with Gasteiger partial charge >= 0.3 is 5.97 Å². The average Bonchev–Trinajstić information content (AvgIpc) is 3.70. The molecule has 0 aromatic heterocycles. The first-order valence-electron chi connectivity index (χ1n) is 12.2. The molecule has 8 nitrogen and oxygen atoms in total. The summed E-state index contributed by atoms with van der Waals surface area (Å²) in [5.41, 5.74) is 1.80. The van der Waals surface area contributed by atoms with E-state index < -0.39 is 16.1 Å². The van der Waals surface area contributed by atoms with E-state index in [4.69, 9.17) is 4.74 Å². The van der Waals surface area contributed by atoms with E-state index in [-0.39, 0.29) is 28.6 Å². The maximum absolute atomic E-state index is 13.6. The Kier molecular flexibility index (Phi) is 7.76. The predicted octanol–water partition coefficient (Wildman–Crippen LogP) is 3.85. The molecule has 1 aliphatic carbocycles. The number of carbonyl (C=O) groups is 2. The minimum Gasteiger partial charge on any atom is -0.466 e. The molecule has 2 atom stereocenters. The largest absolute Gasteiger partial charge is 0.466 e. The average molecular weight is 500 g/mol. The fourth-order valence-corrected chi connectivity index (χ4v) is 5.90. The predicted molar refractivity (Wildman–Crippen MR) is 135 cm³/mol. The highest BCUT2D eigenvalue weighted by molar-refractivity contribution is 7.89. The number of nitrogens with zero attached hydrogens (tertiary/aromatic N) is 1. The maximum atomic E-state index is 13.6. The van der Waals surface area contributed by atoms with Crippen LogP contribution in [-0.4, -0.2) is 40.0 Å². The van der Waals surface area contributed by atoms with Crippen LogP contribution < -0.4 is 14.9 Å². The summed E-state index contributed by atoms with van der Waals surface area (Å²) < 4.78 is 35.3. The van der Waals surface area contributed by atoms with Crippen molar-refractivity contribution in [2.24, 2.45) is 11.8 Å². The number of nitrogens with one attached hydrogen (secondary N) is 2. The Bertz CT molecular complexity index is 1160. The molecule has 0 unspecified atom stereocenters. The molecule has 1 saturated heterocycles. The van der Waals surface area contributed by atoms with Crippen LogP contribution >= 0.6 is 0 Å². The van der Waals surface area contributed by atoms with Crippen molar-refractivity contribution in [2.75, 3.05) is 29.9 Å². The molecule has 0 spiro atoms. The lowest BCUT2D eigenvalue weighted by Crippen LogP contribution is -2.40. The number of benzene rings is 2. The third-order valence-corrected chi connectivity index (χ3v) is 8.05. The smallest absolute Gasteiger partial charge is 0.310 e. The van der Waals surface area contributed by atoms with Crippen molar-refractivity contribution in [3.05, 3.63) is 54.1 Å². The molecule has 1 amide bonds. The molecule has 9 heteroatoms. The number of sulfonamides is 1. The molecular formula is C26H33N3O5S. The van der Waals surface area contributed by atoms with Gasteiger partial charge in [0, 0.05) is 30.7 Å². The molecule has 188 valence electrons. The van der Waals surface area contributed by atoms with Gasteiger partial charge < -0.3 is 15.0 Å². The Labute approximate surface area is 207 Å². The summed E-state index contributed by atoms with van der Waals surface area (Å²) >= 11 is 0. The molecule has 2 aromatic rings. The highest BCUT2D eigenvalue weighted by atomic mass is 32.2. The summed E-state index contributed by atoms with van der Waals surface area (Å²) in [6, 6.07) is 13.9. The zero-order valence-corrected chi connectivity index (χ0v) is 21.0. The number of hydrogen-bond acceptors (Lipinski definition) is 6. The SMILES string of the molecule is CCOC(=O)[C@H]1CCCN(c2ccc(NC(=O)C3CC3)cc2S(=O)(=O)N[C@@H](C)c2ccccc2)C1. The monoisotopic (exact) mass is 499 g/mol. The van der Waals surface area contributed by atoms with Gasteiger partial charge in [-0.1, -0.05) is 30.3 Å². The van der Waals surface area contributed by atoms with Gasteiger partial charge in [-0.25, -0.2) is 13.1 Å². The third kappa shape index (κ3) is 6.21. The van der Waals surface area contributed by atoms with Crippen molar-refractivity contribution in [1.82, 2.24) is 4.72 Å². The van der Waals surface area contributed by atoms with Crippen LogP contribution in [0.4, 0.5) is 11.4 Å². The first-order chi connectivity index (χ1) is 16.8. The first-order valence-corrected chi connectivity index (χ1v) is 13.7. The molecule has 2 N–H and O–H groups in total. The summed E-state index contributed by atoms with van der Waals surface area (Å²) in [5.74, 6) is -0.666. The minimum absolute atomic E-state index is 0.00149. The van der Waals surface area contributed by atoms with Gasteiger partial charge in [0.05, 0.1) is 18.2 Å². The standard InChI is InChI=1S/C26H33N3O5S/c1-3-34-26(31)21-10-7-15-29(17-21)23-14-13-22(27-25(30)20-11-12-20)16-24(23)35(32,33)28-18(2)19-8-5-4-6-9-19/h4-6,8-9,13-14,16,18,20-21,28H,3,7,10-12,15,17H2,1-2H3,(H,27,30)/t18-,21-/m0/s1. The topological polar surface area (TPSA) is 105 Å². The fourth-order valence-electron chi connectivity index (χ4n) is 4.41. The van der Waals surface area contributed by atoms with E-state index in [0.29, 0.717) is 37.5 Å².